The fourth-order valence-electron chi connectivity index (χ4n) is 2.44. The van der Waals surface area contributed by atoms with Crippen LogP contribution in [0.4, 0.5) is 11.4 Å². The molecule has 1 saturated heterocycles. The van der Waals surface area contributed by atoms with E-state index in [9.17, 15) is 4.79 Å². The Bertz CT molecular complexity index is 695. The lowest BCUT2D eigenvalue weighted by Crippen LogP contribution is -2.37. The molecule has 1 fully saturated rings. The minimum absolute atomic E-state index is 0.173. The van der Waals surface area contributed by atoms with Crippen LogP contribution in [0.1, 0.15) is 5.56 Å². The maximum Gasteiger partial charge on any atom is 0.248 e. The second-order valence-corrected chi connectivity index (χ2v) is 6.30. The molecule has 2 heterocycles. The van der Waals surface area contributed by atoms with Crippen LogP contribution in [0.3, 0.4) is 0 Å². The highest BCUT2D eigenvalue weighted by Gasteiger charge is 2.18. The fraction of sp³-hybridized carbons (Fsp3) is 0.235. The van der Waals surface area contributed by atoms with Crippen molar-refractivity contribution in [3.05, 3.63) is 51.7 Å². The Balaban J connectivity index is 1.76. The highest BCUT2D eigenvalue weighted by Crippen LogP contribution is 2.34. The largest absolute Gasteiger partial charge is 0.378 e. The Labute approximate surface area is 144 Å². The molecule has 3 rings (SSSR count). The smallest absolute Gasteiger partial charge is 0.248 e. The molecule has 0 radical (unpaired) electrons. The molecule has 1 N–H and O–H groups in total. The molecule has 2 aromatic rings. The monoisotopic (exact) mass is 348 g/mol. The first-order valence-electron chi connectivity index (χ1n) is 7.36. The molecule has 23 heavy (non-hydrogen) atoms. The van der Waals surface area contributed by atoms with Crippen molar-refractivity contribution in [2.75, 3.05) is 36.5 Å². The molecule has 6 heteroatoms. The van der Waals surface area contributed by atoms with Gasteiger partial charge in [-0.1, -0.05) is 17.7 Å². The minimum Gasteiger partial charge on any atom is -0.378 e. The molecule has 1 aliphatic rings. The lowest BCUT2D eigenvalue weighted by molar-refractivity contribution is -0.111. The van der Waals surface area contributed by atoms with Gasteiger partial charge in [-0.25, -0.2) is 0 Å². The van der Waals surface area contributed by atoms with Crippen molar-refractivity contribution in [3.8, 4) is 0 Å². The maximum atomic E-state index is 12.2. The fourth-order valence-corrected chi connectivity index (χ4v) is 3.36. The van der Waals surface area contributed by atoms with Crippen molar-refractivity contribution in [1.29, 1.82) is 0 Å². The summed E-state index contributed by atoms with van der Waals surface area (Å²) >= 11 is 7.95. The number of para-hydroxylation sites is 1. The third-order valence-electron chi connectivity index (χ3n) is 3.54. The lowest BCUT2D eigenvalue weighted by atomic mass is 10.2. The first-order chi connectivity index (χ1) is 11.2. The second kappa shape index (κ2) is 7.64. The van der Waals surface area contributed by atoms with Gasteiger partial charge in [-0.15, -0.1) is 0 Å². The number of nitrogens with zero attached hydrogens (tertiary/aromatic N) is 1. The third-order valence-corrected chi connectivity index (χ3v) is 4.55. The SMILES string of the molecule is O=C(/C=C/c1ccsc1)Nc1cccc(Cl)c1N1CCOCC1. The van der Waals surface area contributed by atoms with Crippen molar-refractivity contribution >= 4 is 46.3 Å². The van der Waals surface area contributed by atoms with Crippen molar-refractivity contribution in [2.24, 2.45) is 0 Å². The molecule has 1 amide bonds. The van der Waals surface area contributed by atoms with Crippen molar-refractivity contribution < 1.29 is 9.53 Å². The predicted molar refractivity (Wildman–Crippen MR) is 96.5 cm³/mol. The summed E-state index contributed by atoms with van der Waals surface area (Å²) in [6, 6.07) is 7.51. The van der Waals surface area contributed by atoms with Crippen LogP contribution >= 0.6 is 22.9 Å². The zero-order valence-electron chi connectivity index (χ0n) is 12.5. The van der Waals surface area contributed by atoms with E-state index in [0.717, 1.165) is 30.0 Å². The summed E-state index contributed by atoms with van der Waals surface area (Å²) in [5.41, 5.74) is 2.60. The van der Waals surface area contributed by atoms with E-state index < -0.39 is 0 Å². The van der Waals surface area contributed by atoms with Crippen molar-refractivity contribution in [3.63, 3.8) is 0 Å². The Morgan fingerprint density at radius 3 is 2.87 bits per heavy atom. The molecule has 0 spiro atoms. The molecule has 0 saturated carbocycles. The number of hydrogen-bond donors (Lipinski definition) is 1. The first-order valence-corrected chi connectivity index (χ1v) is 8.68. The van der Waals surface area contributed by atoms with Gasteiger partial charge in [-0.2, -0.15) is 11.3 Å². The number of ether oxygens (including phenoxy) is 1. The van der Waals surface area contributed by atoms with Gasteiger partial charge >= 0.3 is 0 Å². The molecule has 4 nitrogen and oxygen atoms in total. The normalized spacial score (nSPS) is 15.1. The van der Waals surface area contributed by atoms with Gasteiger partial charge in [-0.05, 0) is 40.6 Å². The molecule has 0 aliphatic carbocycles. The number of nitrogens with one attached hydrogen (secondary N) is 1. The highest BCUT2D eigenvalue weighted by molar-refractivity contribution is 7.08. The molecular formula is C17H17ClN2O2S. The van der Waals surface area contributed by atoms with Crippen molar-refractivity contribution in [1.82, 2.24) is 0 Å². The van der Waals surface area contributed by atoms with Crippen LogP contribution in [0.15, 0.2) is 41.1 Å². The zero-order chi connectivity index (χ0) is 16.1. The Kier molecular flexibility index (Phi) is 5.33. The third kappa shape index (κ3) is 4.13. The second-order valence-electron chi connectivity index (χ2n) is 5.11. The van der Waals surface area contributed by atoms with Gasteiger partial charge < -0.3 is 15.0 Å². The number of hydrogen-bond acceptors (Lipinski definition) is 4. The number of rotatable bonds is 4. The number of halogens is 1. The van der Waals surface area contributed by atoms with Crippen molar-refractivity contribution in [2.45, 2.75) is 0 Å². The molecule has 1 aromatic heterocycles. The molecule has 1 aliphatic heterocycles. The molecule has 0 unspecified atom stereocenters. The van der Waals surface area contributed by atoms with Crippen LogP contribution < -0.4 is 10.2 Å². The van der Waals surface area contributed by atoms with E-state index in [-0.39, 0.29) is 5.91 Å². The number of benzene rings is 1. The number of carbonyl (C=O) groups excluding carboxylic acids is 1. The standard InChI is InChI=1S/C17H17ClN2O2S/c18-14-2-1-3-15(17(14)20-7-9-22-10-8-20)19-16(21)5-4-13-6-11-23-12-13/h1-6,11-12H,7-10H2,(H,19,21)/b5-4+. The summed E-state index contributed by atoms with van der Waals surface area (Å²) in [5.74, 6) is -0.173. The Hall–Kier alpha value is -1.82. The van der Waals surface area contributed by atoms with Gasteiger partial charge in [0.25, 0.3) is 0 Å². The molecule has 0 atom stereocenters. The topological polar surface area (TPSA) is 41.6 Å². The predicted octanol–water partition coefficient (Wildman–Crippen LogP) is 3.89. The summed E-state index contributed by atoms with van der Waals surface area (Å²) in [5, 5.41) is 7.52. The molecule has 0 bridgehead atoms. The Morgan fingerprint density at radius 1 is 1.30 bits per heavy atom. The van der Waals surface area contributed by atoms with Crippen LogP contribution in [-0.4, -0.2) is 32.2 Å². The average Bonchev–Trinajstić information content (AvgIpc) is 3.07. The number of amides is 1. The van der Waals surface area contributed by atoms with E-state index >= 15 is 0 Å². The summed E-state index contributed by atoms with van der Waals surface area (Å²) < 4.78 is 5.38. The summed E-state index contributed by atoms with van der Waals surface area (Å²) in [6.07, 6.45) is 3.33. The molecule has 1 aromatic carbocycles. The van der Waals surface area contributed by atoms with Crippen LogP contribution in [0, 0.1) is 0 Å². The number of carbonyl (C=O) groups is 1. The van der Waals surface area contributed by atoms with Crippen LogP contribution in [0.2, 0.25) is 5.02 Å². The average molecular weight is 349 g/mol. The van der Waals surface area contributed by atoms with E-state index in [2.05, 4.69) is 10.2 Å². The number of thiophene rings is 1. The Morgan fingerprint density at radius 2 is 2.13 bits per heavy atom. The van der Waals surface area contributed by atoms with E-state index in [0.29, 0.717) is 18.2 Å². The van der Waals surface area contributed by atoms with Gasteiger partial charge in [0.2, 0.25) is 5.91 Å². The van der Waals surface area contributed by atoms with Crippen LogP contribution in [-0.2, 0) is 9.53 Å². The number of morpholine rings is 1. The summed E-state index contributed by atoms with van der Waals surface area (Å²) in [4.78, 5) is 14.3. The van der Waals surface area contributed by atoms with E-state index in [4.69, 9.17) is 16.3 Å². The lowest BCUT2D eigenvalue weighted by Gasteiger charge is -2.31. The first kappa shape index (κ1) is 16.1. The molecule has 120 valence electrons. The van der Waals surface area contributed by atoms with Gasteiger partial charge in [0, 0.05) is 19.2 Å². The zero-order valence-corrected chi connectivity index (χ0v) is 14.1. The quantitative estimate of drug-likeness (QED) is 0.852. The van der Waals surface area contributed by atoms with Crippen LogP contribution in [0.5, 0.6) is 0 Å². The minimum atomic E-state index is -0.173. The van der Waals surface area contributed by atoms with E-state index in [1.807, 2.05) is 35.0 Å². The number of anilines is 2. The molecular weight excluding hydrogens is 332 g/mol. The van der Waals surface area contributed by atoms with Crippen LogP contribution in [0.25, 0.3) is 6.08 Å². The van der Waals surface area contributed by atoms with Gasteiger partial charge in [-0.3, -0.25) is 4.79 Å². The van der Waals surface area contributed by atoms with E-state index in [1.165, 1.54) is 6.08 Å². The highest BCUT2D eigenvalue weighted by atomic mass is 35.5. The maximum absolute atomic E-state index is 12.2. The van der Waals surface area contributed by atoms with Gasteiger partial charge in [0.15, 0.2) is 0 Å². The van der Waals surface area contributed by atoms with E-state index in [1.54, 1.807) is 17.4 Å². The van der Waals surface area contributed by atoms with Gasteiger partial charge in [0.05, 0.1) is 29.6 Å². The summed E-state index contributed by atoms with van der Waals surface area (Å²) in [6.45, 7) is 2.85. The summed E-state index contributed by atoms with van der Waals surface area (Å²) in [7, 11) is 0. The van der Waals surface area contributed by atoms with Gasteiger partial charge in [0.1, 0.15) is 0 Å².